The fourth-order valence-electron chi connectivity index (χ4n) is 0.812. The molecule has 0 heterocycles. The van der Waals surface area contributed by atoms with Crippen molar-refractivity contribution in [3.8, 4) is 0 Å². The molecule has 0 spiro atoms. The third-order valence-corrected chi connectivity index (χ3v) is 1.63. The van der Waals surface area contributed by atoms with Gasteiger partial charge in [-0.25, -0.2) is 0 Å². The number of hydrogen-bond acceptors (Lipinski definition) is 4. The van der Waals surface area contributed by atoms with E-state index in [1.54, 1.807) is 0 Å². The minimum Gasteiger partial charge on any atom is -0.542 e. The average molecular weight is 213 g/mol. The molecule has 0 unspecified atom stereocenters. The first-order valence-corrected chi connectivity index (χ1v) is 4.80. The molecule has 0 aliphatic rings. The number of nitrogens with one attached hydrogen (secondary N) is 1. The lowest BCUT2D eigenvalue weighted by Crippen LogP contribution is -2.30. The summed E-state index contributed by atoms with van der Waals surface area (Å²) in [5, 5.41) is 2.66. The van der Waals surface area contributed by atoms with E-state index in [0.29, 0.717) is 12.5 Å². The number of amides is 1. The Morgan fingerprint density at radius 1 is 1.33 bits per heavy atom. The van der Waals surface area contributed by atoms with Crippen LogP contribution in [0.25, 0.3) is 0 Å². The zero-order valence-electron chi connectivity index (χ0n) is 9.12. The summed E-state index contributed by atoms with van der Waals surface area (Å²) >= 11 is 0. The number of carbonyl (C=O) groups is 2. The van der Waals surface area contributed by atoms with Crippen LogP contribution in [0.1, 0.15) is 20.3 Å². The summed E-state index contributed by atoms with van der Waals surface area (Å²) in [5.74, 6) is -0.413. The lowest BCUT2D eigenvalue weighted by atomic mass is 10.1. The molecule has 0 saturated carbocycles. The molecule has 0 aromatic heterocycles. The minimum absolute atomic E-state index is 0.160. The molecule has 5 nitrogen and oxygen atoms in total. The molecule has 0 rings (SSSR count). The largest absolute Gasteiger partial charge is 0.542 e. The molecule has 0 aromatic carbocycles. The Hall–Kier alpha value is -1.04. The maximum atomic E-state index is 11.1. The van der Waals surface area contributed by atoms with Crippen molar-refractivity contribution < 1.29 is 19.0 Å². The van der Waals surface area contributed by atoms with Crippen LogP contribution < -0.4 is 5.32 Å². The van der Waals surface area contributed by atoms with Crippen molar-refractivity contribution in [3.05, 3.63) is 0 Å². The molecule has 6 heteroatoms. The van der Waals surface area contributed by atoms with Gasteiger partial charge >= 0.3 is 14.0 Å². The molecule has 0 aliphatic heterocycles. The third-order valence-electron chi connectivity index (χ3n) is 1.63. The third kappa shape index (κ3) is 9.27. The van der Waals surface area contributed by atoms with Gasteiger partial charge in [0.05, 0.1) is 0 Å². The van der Waals surface area contributed by atoms with Gasteiger partial charge in [0.1, 0.15) is 13.2 Å². The quantitative estimate of drug-likeness (QED) is 0.594. The van der Waals surface area contributed by atoms with Crippen LogP contribution in [0.4, 0.5) is 0 Å². The van der Waals surface area contributed by atoms with Crippen molar-refractivity contribution in [2.24, 2.45) is 5.92 Å². The maximum absolute atomic E-state index is 11.1. The Balaban J connectivity index is 3.37. The first-order valence-electron chi connectivity index (χ1n) is 4.80. The summed E-state index contributed by atoms with van der Waals surface area (Å²) in [7, 11) is 4.57. The highest BCUT2D eigenvalue weighted by Crippen LogP contribution is 1.95. The predicted octanol–water partition coefficient (Wildman–Crippen LogP) is -0.208. The molecule has 1 amide bonds. The Morgan fingerprint density at radius 2 is 2.00 bits per heavy atom. The van der Waals surface area contributed by atoms with Crippen LogP contribution in [0.5, 0.6) is 0 Å². The molecule has 1 N–H and O–H groups in total. The SMILES string of the molecule is [B]OC(=O)COCC(=O)NCCC(C)C. The zero-order valence-corrected chi connectivity index (χ0v) is 9.12. The molecule has 84 valence electrons. The van der Waals surface area contributed by atoms with E-state index in [1.807, 2.05) is 0 Å². The molecule has 0 aromatic rings. The van der Waals surface area contributed by atoms with Crippen LogP contribution in [-0.2, 0) is 19.0 Å². The van der Waals surface area contributed by atoms with E-state index in [-0.39, 0.29) is 19.1 Å². The number of carbonyl (C=O) groups excluding carboxylic acids is 2. The first kappa shape index (κ1) is 14.0. The van der Waals surface area contributed by atoms with E-state index in [0.717, 1.165) is 6.42 Å². The predicted molar refractivity (Wildman–Crippen MR) is 55.1 cm³/mol. The van der Waals surface area contributed by atoms with Crippen LogP contribution in [0.3, 0.4) is 0 Å². The van der Waals surface area contributed by atoms with E-state index in [1.165, 1.54) is 0 Å². The van der Waals surface area contributed by atoms with Crippen LogP contribution >= 0.6 is 0 Å². The highest BCUT2D eigenvalue weighted by molar-refractivity contribution is 6.05. The molecule has 0 saturated heterocycles. The number of ether oxygens (including phenoxy) is 1. The topological polar surface area (TPSA) is 64.6 Å². The molecule has 0 bridgehead atoms. The van der Waals surface area contributed by atoms with Gasteiger partial charge in [0.25, 0.3) is 0 Å². The highest BCUT2D eigenvalue weighted by atomic mass is 16.5. The summed E-state index contributed by atoms with van der Waals surface area (Å²) in [6.07, 6.45) is 0.913. The second-order valence-corrected chi connectivity index (χ2v) is 3.52. The second kappa shape index (κ2) is 8.29. The van der Waals surface area contributed by atoms with Gasteiger partial charge in [-0.05, 0) is 12.3 Å². The van der Waals surface area contributed by atoms with Gasteiger partial charge in [-0.2, -0.15) is 0 Å². The van der Waals surface area contributed by atoms with Crippen molar-refractivity contribution in [1.29, 1.82) is 0 Å². The second-order valence-electron chi connectivity index (χ2n) is 3.52. The normalized spacial score (nSPS) is 10.1. The smallest absolute Gasteiger partial charge is 0.378 e. The van der Waals surface area contributed by atoms with Gasteiger partial charge < -0.3 is 14.7 Å². The summed E-state index contributed by atoms with van der Waals surface area (Å²) in [6, 6.07) is 0. The van der Waals surface area contributed by atoms with Gasteiger partial charge in [0, 0.05) is 6.54 Å². The Bertz CT molecular complexity index is 208. The lowest BCUT2D eigenvalue weighted by Gasteiger charge is -2.07. The van der Waals surface area contributed by atoms with Crippen molar-refractivity contribution in [2.45, 2.75) is 20.3 Å². The van der Waals surface area contributed by atoms with Crippen molar-refractivity contribution in [1.82, 2.24) is 5.32 Å². The highest BCUT2D eigenvalue weighted by Gasteiger charge is 2.04. The number of hydrogen-bond donors (Lipinski definition) is 1. The van der Waals surface area contributed by atoms with Crippen LogP contribution in [0.2, 0.25) is 0 Å². The minimum atomic E-state index is -0.704. The average Bonchev–Trinajstić information content (AvgIpc) is 2.17. The van der Waals surface area contributed by atoms with Gasteiger partial charge in [-0.3, -0.25) is 9.59 Å². The van der Waals surface area contributed by atoms with Crippen LogP contribution in [0.15, 0.2) is 0 Å². The molecular weight excluding hydrogens is 197 g/mol. The fourth-order valence-corrected chi connectivity index (χ4v) is 0.812. The van der Waals surface area contributed by atoms with Gasteiger partial charge in [-0.1, -0.05) is 13.8 Å². The van der Waals surface area contributed by atoms with Gasteiger partial charge in [0.2, 0.25) is 5.91 Å². The molecular formula is C9H16BNO4. The van der Waals surface area contributed by atoms with Crippen molar-refractivity contribution >= 4 is 19.9 Å². The zero-order chi connectivity index (χ0) is 11.7. The Kier molecular flexibility index (Phi) is 7.72. The van der Waals surface area contributed by atoms with Crippen molar-refractivity contribution in [2.75, 3.05) is 19.8 Å². The molecule has 0 aliphatic carbocycles. The summed E-state index contributed by atoms with van der Waals surface area (Å²) in [5.41, 5.74) is 0. The van der Waals surface area contributed by atoms with E-state index in [2.05, 4.69) is 31.9 Å². The monoisotopic (exact) mass is 213 g/mol. The number of rotatable bonds is 7. The van der Waals surface area contributed by atoms with Crippen LogP contribution in [0, 0.1) is 5.92 Å². The lowest BCUT2D eigenvalue weighted by molar-refractivity contribution is -0.140. The fraction of sp³-hybridized carbons (Fsp3) is 0.778. The summed E-state index contributed by atoms with van der Waals surface area (Å²) < 4.78 is 8.59. The standard InChI is InChI=1S/C9H16BNO4/c1-7(2)3-4-11-8(12)5-14-6-9(13)15-10/h7H,3-6H2,1-2H3,(H,11,12). The van der Waals surface area contributed by atoms with Crippen LogP contribution in [-0.4, -0.2) is 39.7 Å². The first-order chi connectivity index (χ1) is 7.06. The van der Waals surface area contributed by atoms with E-state index >= 15 is 0 Å². The van der Waals surface area contributed by atoms with E-state index in [4.69, 9.17) is 4.74 Å². The Morgan fingerprint density at radius 3 is 2.53 bits per heavy atom. The molecule has 2 radical (unpaired) electrons. The Labute approximate surface area is 90.9 Å². The van der Waals surface area contributed by atoms with Gasteiger partial charge in [-0.15, -0.1) is 0 Å². The molecule has 15 heavy (non-hydrogen) atoms. The summed E-state index contributed by atoms with van der Waals surface area (Å²) in [6.45, 7) is 4.28. The molecule has 0 atom stereocenters. The maximum Gasteiger partial charge on any atom is 0.378 e. The van der Waals surface area contributed by atoms with E-state index < -0.39 is 5.97 Å². The van der Waals surface area contributed by atoms with Crippen molar-refractivity contribution in [3.63, 3.8) is 0 Å². The summed E-state index contributed by atoms with van der Waals surface area (Å²) in [4.78, 5) is 21.6. The molecule has 0 fully saturated rings. The van der Waals surface area contributed by atoms with Gasteiger partial charge in [0.15, 0.2) is 0 Å². The van der Waals surface area contributed by atoms with E-state index in [9.17, 15) is 9.59 Å².